The summed E-state index contributed by atoms with van der Waals surface area (Å²) in [6, 6.07) is 8.31. The van der Waals surface area contributed by atoms with E-state index >= 15 is 0 Å². The lowest BCUT2D eigenvalue weighted by Gasteiger charge is -1.85. The predicted molar refractivity (Wildman–Crippen MR) is 82.1 cm³/mol. The Kier molecular flexibility index (Phi) is 8.89. The maximum atomic E-state index is 8.88. The van der Waals surface area contributed by atoms with Crippen molar-refractivity contribution in [1.29, 1.82) is 0 Å². The van der Waals surface area contributed by atoms with Crippen LogP contribution < -0.4 is 0 Å². The van der Waals surface area contributed by atoms with Crippen LogP contribution in [0.15, 0.2) is 24.3 Å². The first-order valence-electron chi connectivity index (χ1n) is 5.72. The Balaban J connectivity index is 0.000000372. The summed E-state index contributed by atoms with van der Waals surface area (Å²) in [6.45, 7) is 2.19. The smallest absolute Gasteiger partial charge is 0.303 e. The molecule has 22 heavy (non-hydrogen) atoms. The molecule has 1 heterocycles. The van der Waals surface area contributed by atoms with E-state index in [0.29, 0.717) is 0 Å². The standard InChI is InChI=1S/C10H11NS.H3O4P.H2O4S/c1-2-5-10-11-8-6-3-4-7-9(8)12-10;2*1-5(2,3)4/h3-4,6-7H,2,5H2,1H3;(H3,1,2,3,4);(H2,1,2,3,4). The van der Waals surface area contributed by atoms with Crippen molar-refractivity contribution in [1.82, 2.24) is 4.98 Å². The third-order valence-electron chi connectivity index (χ3n) is 1.80. The Hall–Kier alpha value is -0.910. The highest BCUT2D eigenvalue weighted by molar-refractivity contribution is 7.79. The van der Waals surface area contributed by atoms with Crippen molar-refractivity contribution in [2.24, 2.45) is 0 Å². The fraction of sp³-hybridized carbons (Fsp3) is 0.300. The van der Waals surface area contributed by atoms with Crippen LogP contribution in [0.2, 0.25) is 0 Å². The lowest BCUT2D eigenvalue weighted by molar-refractivity contribution is 0.275. The Morgan fingerprint density at radius 1 is 1.18 bits per heavy atom. The zero-order valence-corrected chi connectivity index (χ0v) is 13.9. The lowest BCUT2D eigenvalue weighted by atomic mass is 10.3. The Morgan fingerprint density at radius 3 is 2.05 bits per heavy atom. The molecule has 0 radical (unpaired) electrons. The number of phosphoric acid groups is 1. The van der Waals surface area contributed by atoms with Gasteiger partial charge in [0.25, 0.3) is 0 Å². The second kappa shape index (κ2) is 9.28. The van der Waals surface area contributed by atoms with E-state index in [1.807, 2.05) is 17.4 Å². The maximum Gasteiger partial charge on any atom is 0.466 e. The quantitative estimate of drug-likeness (QED) is 0.389. The summed E-state index contributed by atoms with van der Waals surface area (Å²) in [4.78, 5) is 26.1. The van der Waals surface area contributed by atoms with Crippen LogP contribution in [0.5, 0.6) is 0 Å². The number of benzene rings is 1. The van der Waals surface area contributed by atoms with Gasteiger partial charge in [0, 0.05) is 0 Å². The van der Waals surface area contributed by atoms with E-state index in [1.54, 1.807) is 0 Å². The molecule has 126 valence electrons. The number of hydrogen-bond acceptors (Lipinski definition) is 5. The molecule has 0 aliphatic carbocycles. The van der Waals surface area contributed by atoms with E-state index < -0.39 is 18.2 Å². The van der Waals surface area contributed by atoms with Crippen LogP contribution in [-0.2, 0) is 21.4 Å². The fourth-order valence-electron chi connectivity index (χ4n) is 1.24. The van der Waals surface area contributed by atoms with Gasteiger partial charge in [-0.05, 0) is 25.0 Å². The van der Waals surface area contributed by atoms with Crippen LogP contribution in [0, 0.1) is 0 Å². The summed E-state index contributed by atoms with van der Waals surface area (Å²) in [5, 5.41) is 1.26. The lowest BCUT2D eigenvalue weighted by Crippen LogP contribution is -1.89. The van der Waals surface area contributed by atoms with Gasteiger partial charge in [-0.2, -0.15) is 8.42 Å². The molecule has 0 aliphatic rings. The predicted octanol–water partition coefficient (Wildman–Crippen LogP) is 1.67. The second-order valence-electron chi connectivity index (χ2n) is 3.79. The summed E-state index contributed by atoms with van der Waals surface area (Å²) in [7, 11) is -9.31. The van der Waals surface area contributed by atoms with Crippen molar-refractivity contribution in [2.75, 3.05) is 0 Å². The molecule has 5 N–H and O–H groups in total. The van der Waals surface area contributed by atoms with Gasteiger partial charge in [-0.25, -0.2) is 9.55 Å². The van der Waals surface area contributed by atoms with Gasteiger partial charge in [0.1, 0.15) is 0 Å². The minimum atomic E-state index is -4.67. The summed E-state index contributed by atoms with van der Waals surface area (Å²) >= 11 is 1.81. The van der Waals surface area contributed by atoms with Gasteiger partial charge in [0.05, 0.1) is 15.2 Å². The number of rotatable bonds is 2. The first kappa shape index (κ1) is 21.1. The highest BCUT2D eigenvalue weighted by Crippen LogP contribution is 2.25. The second-order valence-corrected chi connectivity index (χ2v) is 6.82. The van der Waals surface area contributed by atoms with Gasteiger partial charge in [-0.15, -0.1) is 11.3 Å². The van der Waals surface area contributed by atoms with E-state index in [4.69, 9.17) is 36.8 Å². The molecule has 0 fully saturated rings. The van der Waals surface area contributed by atoms with E-state index in [0.717, 1.165) is 11.9 Å². The van der Waals surface area contributed by atoms with Crippen LogP contribution >= 0.6 is 19.2 Å². The van der Waals surface area contributed by atoms with E-state index in [2.05, 4.69) is 30.1 Å². The number of para-hydroxylation sites is 1. The first-order valence-corrected chi connectivity index (χ1v) is 9.50. The Morgan fingerprint density at radius 2 is 1.64 bits per heavy atom. The fourth-order valence-corrected chi connectivity index (χ4v) is 2.31. The summed E-state index contributed by atoms with van der Waals surface area (Å²) in [5.41, 5.74) is 1.14. The average Bonchev–Trinajstić information content (AvgIpc) is 2.67. The van der Waals surface area contributed by atoms with E-state index in [1.165, 1.54) is 16.1 Å². The number of aryl methyl sites for hydroxylation is 1. The summed E-state index contributed by atoms with van der Waals surface area (Å²) in [6.07, 6.45) is 2.29. The normalized spacial score (nSPS) is 11.2. The molecular weight excluding hydrogens is 357 g/mol. The Bertz CT molecular complexity index is 674. The van der Waals surface area contributed by atoms with Gasteiger partial charge in [0.2, 0.25) is 0 Å². The van der Waals surface area contributed by atoms with Gasteiger partial charge in [-0.3, -0.25) is 9.11 Å². The van der Waals surface area contributed by atoms with Crippen molar-refractivity contribution in [2.45, 2.75) is 19.8 Å². The number of aromatic nitrogens is 1. The van der Waals surface area contributed by atoms with Gasteiger partial charge < -0.3 is 14.7 Å². The molecule has 0 saturated heterocycles. The molecule has 0 unspecified atom stereocenters. The number of nitrogens with zero attached hydrogens (tertiary/aromatic N) is 1. The minimum absolute atomic E-state index is 1.11. The molecule has 1 aromatic heterocycles. The molecule has 0 spiro atoms. The molecular formula is C10H16NO8PS2. The first-order chi connectivity index (χ1) is 9.90. The molecule has 1 aromatic carbocycles. The topological polar surface area (TPSA) is 165 Å². The number of hydrogen-bond donors (Lipinski definition) is 5. The van der Waals surface area contributed by atoms with Crippen LogP contribution in [0.3, 0.4) is 0 Å². The van der Waals surface area contributed by atoms with Crippen LogP contribution in [0.1, 0.15) is 18.4 Å². The highest BCUT2D eigenvalue weighted by atomic mass is 32.3. The van der Waals surface area contributed by atoms with E-state index in [9.17, 15) is 0 Å². The molecule has 9 nitrogen and oxygen atoms in total. The molecule has 0 amide bonds. The zero-order chi connectivity index (χ0) is 17.4. The summed E-state index contributed by atoms with van der Waals surface area (Å²) < 4.78 is 41.8. The van der Waals surface area contributed by atoms with Crippen molar-refractivity contribution in [3.8, 4) is 0 Å². The van der Waals surface area contributed by atoms with Crippen molar-refractivity contribution in [3.63, 3.8) is 0 Å². The maximum absolute atomic E-state index is 8.88. The van der Waals surface area contributed by atoms with Crippen molar-refractivity contribution in [3.05, 3.63) is 29.3 Å². The molecule has 12 heteroatoms. The van der Waals surface area contributed by atoms with Crippen LogP contribution in [0.4, 0.5) is 0 Å². The molecule has 0 aliphatic heterocycles. The molecule has 2 rings (SSSR count). The third kappa shape index (κ3) is 14.0. The van der Waals surface area contributed by atoms with Crippen molar-refractivity contribution < 1.29 is 36.8 Å². The van der Waals surface area contributed by atoms with Crippen LogP contribution in [0.25, 0.3) is 10.2 Å². The van der Waals surface area contributed by atoms with Crippen LogP contribution in [-0.4, -0.2) is 37.2 Å². The highest BCUT2D eigenvalue weighted by Gasteiger charge is 2.00. The molecule has 0 saturated carbocycles. The average molecular weight is 373 g/mol. The minimum Gasteiger partial charge on any atom is -0.303 e. The van der Waals surface area contributed by atoms with Gasteiger partial charge in [0.15, 0.2) is 0 Å². The van der Waals surface area contributed by atoms with Crippen molar-refractivity contribution >= 4 is 39.8 Å². The summed E-state index contributed by atoms with van der Waals surface area (Å²) in [5.74, 6) is 0. The largest absolute Gasteiger partial charge is 0.466 e. The van der Waals surface area contributed by atoms with Gasteiger partial charge >= 0.3 is 18.2 Å². The van der Waals surface area contributed by atoms with Gasteiger partial charge in [-0.1, -0.05) is 19.1 Å². The van der Waals surface area contributed by atoms with E-state index in [-0.39, 0.29) is 0 Å². The number of thiazole rings is 1. The zero-order valence-electron chi connectivity index (χ0n) is 11.4. The monoisotopic (exact) mass is 373 g/mol. The third-order valence-corrected chi connectivity index (χ3v) is 2.90. The molecule has 0 atom stereocenters. The Labute approximate surface area is 131 Å². The molecule has 2 aromatic rings. The molecule has 0 bridgehead atoms. The number of fused-ring (bicyclic) bond motifs is 1. The SMILES string of the molecule is CCCc1nc2ccccc2s1.O=P(O)(O)O.O=S(=O)(O)O.